The van der Waals surface area contributed by atoms with Crippen molar-refractivity contribution in [1.82, 2.24) is 15.0 Å². The van der Waals surface area contributed by atoms with Gasteiger partial charge in [0.1, 0.15) is 11.5 Å². The number of hydrogen-bond donors (Lipinski definition) is 2. The van der Waals surface area contributed by atoms with Gasteiger partial charge in [0.25, 0.3) is 0 Å². The van der Waals surface area contributed by atoms with E-state index in [9.17, 15) is 4.79 Å². The van der Waals surface area contributed by atoms with Gasteiger partial charge in [-0.2, -0.15) is 4.98 Å². The summed E-state index contributed by atoms with van der Waals surface area (Å²) < 4.78 is 4.80. The topological polar surface area (TPSA) is 79.9 Å². The fourth-order valence-electron chi connectivity index (χ4n) is 2.82. The zero-order valence-electron chi connectivity index (χ0n) is 11.8. The van der Waals surface area contributed by atoms with E-state index < -0.39 is 5.97 Å². The Morgan fingerprint density at radius 1 is 1.38 bits per heavy atom. The fraction of sp³-hybridized carbons (Fsp3) is 0.500. The molecule has 21 heavy (non-hydrogen) atoms. The van der Waals surface area contributed by atoms with Gasteiger partial charge in [0.15, 0.2) is 0 Å². The van der Waals surface area contributed by atoms with Crippen LogP contribution in [0.25, 0.3) is 11.0 Å². The number of aromatic nitrogens is 3. The number of carbonyl (C=O) groups excluding carboxylic acids is 1. The lowest BCUT2D eigenvalue weighted by Gasteiger charge is -2.23. The van der Waals surface area contributed by atoms with Crippen LogP contribution in [0.2, 0.25) is 5.28 Å². The molecule has 6 nitrogen and oxygen atoms in total. The van der Waals surface area contributed by atoms with Crippen LogP contribution in [0.1, 0.15) is 42.5 Å². The maximum absolute atomic E-state index is 11.9. The van der Waals surface area contributed by atoms with Gasteiger partial charge in [0.2, 0.25) is 5.28 Å². The molecule has 3 rings (SSSR count). The quantitative estimate of drug-likeness (QED) is 0.672. The lowest BCUT2D eigenvalue weighted by molar-refractivity contribution is 0.0603. The van der Waals surface area contributed by atoms with E-state index in [4.69, 9.17) is 16.3 Å². The average molecular weight is 309 g/mol. The van der Waals surface area contributed by atoms with Crippen molar-refractivity contribution in [3.05, 3.63) is 17.0 Å². The lowest BCUT2D eigenvalue weighted by Crippen LogP contribution is -2.23. The van der Waals surface area contributed by atoms with Crippen molar-refractivity contribution in [2.75, 3.05) is 12.4 Å². The van der Waals surface area contributed by atoms with Crippen molar-refractivity contribution in [1.29, 1.82) is 0 Å². The van der Waals surface area contributed by atoms with Crippen molar-refractivity contribution in [3.8, 4) is 0 Å². The van der Waals surface area contributed by atoms with Gasteiger partial charge in [0.05, 0.1) is 18.1 Å². The first-order valence-corrected chi connectivity index (χ1v) is 7.46. The molecule has 0 saturated heterocycles. The third-order valence-corrected chi connectivity index (χ3v) is 4.02. The van der Waals surface area contributed by atoms with Gasteiger partial charge in [-0.3, -0.25) is 0 Å². The minimum absolute atomic E-state index is 0.152. The molecule has 7 heteroatoms. The molecular weight excluding hydrogens is 292 g/mol. The number of ether oxygens (including phenoxy) is 1. The molecule has 0 bridgehead atoms. The van der Waals surface area contributed by atoms with Crippen molar-refractivity contribution in [2.45, 2.75) is 38.1 Å². The molecule has 2 heterocycles. The van der Waals surface area contributed by atoms with Gasteiger partial charge in [-0.05, 0) is 24.4 Å². The normalized spacial score (nSPS) is 16.1. The summed E-state index contributed by atoms with van der Waals surface area (Å²) in [5, 5.41) is 4.19. The number of halogens is 1. The van der Waals surface area contributed by atoms with Gasteiger partial charge in [0, 0.05) is 12.2 Å². The molecule has 0 atom stereocenters. The predicted molar refractivity (Wildman–Crippen MR) is 80.7 cm³/mol. The zero-order chi connectivity index (χ0) is 14.8. The number of aromatic amines is 1. The number of hydrogen-bond acceptors (Lipinski definition) is 5. The molecule has 0 aliphatic heterocycles. The van der Waals surface area contributed by atoms with E-state index in [-0.39, 0.29) is 5.28 Å². The van der Waals surface area contributed by atoms with Crippen molar-refractivity contribution in [2.24, 2.45) is 0 Å². The first-order valence-electron chi connectivity index (χ1n) is 7.08. The zero-order valence-corrected chi connectivity index (χ0v) is 12.5. The molecule has 0 radical (unpaired) electrons. The Labute approximate surface area is 127 Å². The Bertz CT molecular complexity index is 664. The van der Waals surface area contributed by atoms with Crippen molar-refractivity contribution in [3.63, 3.8) is 0 Å². The molecule has 1 fully saturated rings. The summed E-state index contributed by atoms with van der Waals surface area (Å²) in [5.74, 6) is 0.178. The van der Waals surface area contributed by atoms with E-state index >= 15 is 0 Å². The van der Waals surface area contributed by atoms with Crippen LogP contribution in [-0.4, -0.2) is 34.1 Å². The number of carbonyl (C=O) groups is 1. The summed E-state index contributed by atoms with van der Waals surface area (Å²) in [6, 6.07) is 0.355. The second-order valence-corrected chi connectivity index (χ2v) is 5.58. The van der Waals surface area contributed by atoms with Crippen LogP contribution in [0, 0.1) is 0 Å². The van der Waals surface area contributed by atoms with Crippen LogP contribution in [0.4, 0.5) is 5.82 Å². The van der Waals surface area contributed by atoms with Gasteiger partial charge < -0.3 is 15.0 Å². The number of nitrogens with one attached hydrogen (secondary N) is 2. The van der Waals surface area contributed by atoms with Crippen LogP contribution in [0.15, 0.2) is 6.20 Å². The molecule has 0 unspecified atom stereocenters. The lowest BCUT2D eigenvalue weighted by atomic mass is 9.95. The van der Waals surface area contributed by atoms with Crippen LogP contribution in [0.3, 0.4) is 0 Å². The van der Waals surface area contributed by atoms with Crippen LogP contribution >= 0.6 is 11.6 Å². The van der Waals surface area contributed by atoms with E-state index in [2.05, 4.69) is 20.3 Å². The number of esters is 1. The van der Waals surface area contributed by atoms with Crippen LogP contribution in [0.5, 0.6) is 0 Å². The molecule has 0 aromatic carbocycles. The first kappa shape index (κ1) is 14.1. The summed E-state index contributed by atoms with van der Waals surface area (Å²) in [5.41, 5.74) is 0.955. The Balaban J connectivity index is 2.02. The third-order valence-electron chi connectivity index (χ3n) is 3.86. The number of fused-ring (bicyclic) bond motifs is 1. The SMILES string of the molecule is COC(=O)c1c[nH]c2nc(Cl)nc(NC3CCCCC3)c12. The number of H-pyrrole nitrogens is 1. The minimum Gasteiger partial charge on any atom is -0.465 e. The van der Waals surface area contributed by atoms with E-state index in [1.807, 2.05) is 0 Å². The van der Waals surface area contributed by atoms with E-state index in [1.54, 1.807) is 6.20 Å². The number of methoxy groups -OCH3 is 1. The number of nitrogens with zero attached hydrogens (tertiary/aromatic N) is 2. The highest BCUT2D eigenvalue weighted by Gasteiger charge is 2.21. The Kier molecular flexibility index (Phi) is 3.96. The largest absolute Gasteiger partial charge is 0.465 e. The summed E-state index contributed by atoms with van der Waals surface area (Å²) in [6.07, 6.45) is 7.46. The third kappa shape index (κ3) is 2.81. The molecule has 2 N–H and O–H groups in total. The molecule has 112 valence electrons. The van der Waals surface area contributed by atoms with Crippen LogP contribution in [-0.2, 0) is 4.74 Å². The summed E-state index contributed by atoms with van der Waals surface area (Å²) in [4.78, 5) is 23.2. The van der Waals surface area contributed by atoms with Gasteiger partial charge in [-0.1, -0.05) is 19.3 Å². The van der Waals surface area contributed by atoms with Crippen molar-refractivity contribution < 1.29 is 9.53 Å². The maximum atomic E-state index is 11.9. The summed E-state index contributed by atoms with van der Waals surface area (Å²) in [7, 11) is 1.35. The summed E-state index contributed by atoms with van der Waals surface area (Å²) >= 11 is 5.97. The molecular formula is C14H17ClN4O2. The second-order valence-electron chi connectivity index (χ2n) is 5.24. The molecule has 2 aromatic heterocycles. The minimum atomic E-state index is -0.418. The highest BCUT2D eigenvalue weighted by atomic mass is 35.5. The predicted octanol–water partition coefficient (Wildman–Crippen LogP) is 3.14. The number of anilines is 1. The number of rotatable bonds is 3. The Morgan fingerprint density at radius 3 is 2.86 bits per heavy atom. The highest BCUT2D eigenvalue weighted by molar-refractivity contribution is 6.29. The fourth-order valence-corrected chi connectivity index (χ4v) is 2.99. The smallest absolute Gasteiger partial charge is 0.340 e. The molecule has 0 spiro atoms. The average Bonchev–Trinajstić information content (AvgIpc) is 2.91. The van der Waals surface area contributed by atoms with Gasteiger partial charge >= 0.3 is 5.97 Å². The Morgan fingerprint density at radius 2 is 2.14 bits per heavy atom. The Hall–Kier alpha value is -1.82. The van der Waals surface area contributed by atoms with Gasteiger partial charge in [-0.25, -0.2) is 9.78 Å². The van der Waals surface area contributed by atoms with Gasteiger partial charge in [-0.15, -0.1) is 0 Å². The molecule has 1 aliphatic carbocycles. The standard InChI is InChI=1S/C14H17ClN4O2/c1-21-13(20)9-7-16-11-10(9)12(19-14(15)18-11)17-8-5-3-2-4-6-8/h7-8H,2-6H2,1H3,(H2,16,17,18,19). The van der Waals surface area contributed by atoms with Crippen LogP contribution < -0.4 is 5.32 Å². The highest BCUT2D eigenvalue weighted by Crippen LogP contribution is 2.29. The monoisotopic (exact) mass is 308 g/mol. The first-order chi connectivity index (χ1) is 10.2. The summed E-state index contributed by atoms with van der Waals surface area (Å²) in [6.45, 7) is 0. The maximum Gasteiger partial charge on any atom is 0.340 e. The van der Waals surface area contributed by atoms with E-state index in [0.29, 0.717) is 28.5 Å². The van der Waals surface area contributed by atoms with E-state index in [1.165, 1.54) is 26.4 Å². The van der Waals surface area contributed by atoms with Crippen molar-refractivity contribution >= 4 is 34.4 Å². The molecule has 1 aliphatic rings. The molecule has 2 aromatic rings. The second kappa shape index (κ2) is 5.89. The van der Waals surface area contributed by atoms with E-state index in [0.717, 1.165) is 12.8 Å². The molecule has 0 amide bonds. The molecule has 1 saturated carbocycles.